The molecule has 0 unspecified atom stereocenters. The normalized spacial score (nSPS) is 11.2. The Bertz CT molecular complexity index is 572. The van der Waals surface area contributed by atoms with Crippen molar-refractivity contribution in [1.29, 1.82) is 0 Å². The molecule has 0 aliphatic carbocycles. The molecule has 0 radical (unpaired) electrons. The van der Waals surface area contributed by atoms with Gasteiger partial charge in [-0.15, -0.1) is 11.3 Å². The second kappa shape index (κ2) is 6.62. The van der Waals surface area contributed by atoms with E-state index in [0.717, 1.165) is 4.88 Å². The summed E-state index contributed by atoms with van der Waals surface area (Å²) in [4.78, 5) is 12.4. The van der Waals surface area contributed by atoms with Gasteiger partial charge in [0.05, 0.1) is 17.5 Å². The third kappa shape index (κ3) is 5.11. The number of carbonyl (C=O) groups is 1. The van der Waals surface area contributed by atoms with E-state index in [1.54, 1.807) is 17.4 Å². The minimum atomic E-state index is -0.507. The second-order valence-electron chi connectivity index (χ2n) is 5.28. The Kier molecular flexibility index (Phi) is 4.85. The monoisotopic (exact) mass is 310 g/mol. The Morgan fingerprint density at radius 2 is 2.29 bits per heavy atom. The van der Waals surface area contributed by atoms with E-state index in [0.29, 0.717) is 18.2 Å². The van der Waals surface area contributed by atoms with Crippen molar-refractivity contribution in [2.75, 3.05) is 13.2 Å². The minimum absolute atomic E-state index is 0.287. The number of aromatic nitrogens is 1. The standard InChI is InChI=1S/C14H18N2O4S/c1-14(2,3)19-13(17)15-6-7-18-12-9-10(20-16-12)11-5-4-8-21-11/h4-5,8-9H,6-7H2,1-3H3,(H,15,17). The van der Waals surface area contributed by atoms with E-state index < -0.39 is 11.7 Å². The molecule has 0 aliphatic heterocycles. The van der Waals surface area contributed by atoms with Gasteiger partial charge in [0.25, 0.3) is 5.88 Å². The molecule has 114 valence electrons. The third-order valence-corrected chi connectivity index (χ3v) is 3.16. The van der Waals surface area contributed by atoms with Gasteiger partial charge in [-0.25, -0.2) is 4.79 Å². The molecular formula is C14H18N2O4S. The molecular weight excluding hydrogens is 292 g/mol. The highest BCUT2D eigenvalue weighted by Crippen LogP contribution is 2.27. The van der Waals surface area contributed by atoms with E-state index >= 15 is 0 Å². The Labute approximate surface area is 127 Å². The second-order valence-corrected chi connectivity index (χ2v) is 6.23. The quantitative estimate of drug-likeness (QED) is 0.858. The zero-order valence-corrected chi connectivity index (χ0v) is 13.0. The molecule has 0 atom stereocenters. The van der Waals surface area contributed by atoms with Crippen LogP contribution in [-0.4, -0.2) is 30.0 Å². The smallest absolute Gasteiger partial charge is 0.407 e. The molecule has 0 aromatic carbocycles. The van der Waals surface area contributed by atoms with Crippen LogP contribution in [0.15, 0.2) is 28.1 Å². The number of rotatable bonds is 5. The van der Waals surface area contributed by atoms with Crippen molar-refractivity contribution in [3.8, 4) is 16.5 Å². The molecule has 2 heterocycles. The molecule has 0 saturated carbocycles. The number of hydrogen-bond acceptors (Lipinski definition) is 6. The number of amides is 1. The molecule has 1 N–H and O–H groups in total. The molecule has 1 amide bonds. The van der Waals surface area contributed by atoms with Crippen LogP contribution in [0.4, 0.5) is 4.79 Å². The summed E-state index contributed by atoms with van der Waals surface area (Å²) in [5.41, 5.74) is -0.507. The van der Waals surface area contributed by atoms with Crippen molar-refractivity contribution in [3.63, 3.8) is 0 Å². The van der Waals surface area contributed by atoms with Crippen LogP contribution in [0.25, 0.3) is 10.6 Å². The van der Waals surface area contributed by atoms with Gasteiger partial charge < -0.3 is 19.3 Å². The first kappa shape index (κ1) is 15.4. The van der Waals surface area contributed by atoms with Crippen molar-refractivity contribution in [2.24, 2.45) is 0 Å². The Balaban J connectivity index is 1.71. The number of nitrogens with one attached hydrogen (secondary N) is 1. The molecule has 0 saturated heterocycles. The van der Waals surface area contributed by atoms with Gasteiger partial charge in [-0.1, -0.05) is 6.07 Å². The maximum atomic E-state index is 11.4. The molecule has 21 heavy (non-hydrogen) atoms. The van der Waals surface area contributed by atoms with E-state index in [1.165, 1.54) is 0 Å². The van der Waals surface area contributed by atoms with Crippen molar-refractivity contribution < 1.29 is 18.8 Å². The number of carbonyl (C=O) groups excluding carboxylic acids is 1. The fourth-order valence-corrected chi connectivity index (χ4v) is 2.16. The van der Waals surface area contributed by atoms with Crippen LogP contribution >= 0.6 is 11.3 Å². The van der Waals surface area contributed by atoms with E-state index in [-0.39, 0.29) is 6.61 Å². The molecule has 2 aromatic rings. The van der Waals surface area contributed by atoms with Crippen LogP contribution in [0.5, 0.6) is 5.88 Å². The van der Waals surface area contributed by atoms with E-state index in [9.17, 15) is 4.79 Å². The zero-order chi connectivity index (χ0) is 15.3. The fourth-order valence-electron chi connectivity index (χ4n) is 1.48. The van der Waals surface area contributed by atoms with Crippen molar-refractivity contribution in [1.82, 2.24) is 10.5 Å². The van der Waals surface area contributed by atoms with Crippen molar-refractivity contribution in [2.45, 2.75) is 26.4 Å². The summed E-state index contributed by atoms with van der Waals surface area (Å²) in [6, 6.07) is 5.60. The molecule has 6 nitrogen and oxygen atoms in total. The number of hydrogen-bond donors (Lipinski definition) is 1. The summed E-state index contributed by atoms with van der Waals surface area (Å²) in [7, 11) is 0. The first-order chi connectivity index (χ1) is 9.94. The van der Waals surface area contributed by atoms with Crippen molar-refractivity contribution >= 4 is 17.4 Å². The summed E-state index contributed by atoms with van der Waals surface area (Å²) < 4.78 is 15.7. The van der Waals surface area contributed by atoms with E-state index in [2.05, 4.69) is 10.5 Å². The largest absolute Gasteiger partial charge is 0.474 e. The van der Waals surface area contributed by atoms with Crippen LogP contribution < -0.4 is 10.1 Å². The summed E-state index contributed by atoms with van der Waals surface area (Å²) >= 11 is 1.56. The molecule has 0 aliphatic rings. The maximum Gasteiger partial charge on any atom is 0.407 e. The number of ether oxygens (including phenoxy) is 2. The Hall–Kier alpha value is -2.02. The van der Waals surface area contributed by atoms with Crippen molar-refractivity contribution in [3.05, 3.63) is 23.6 Å². The summed E-state index contributed by atoms with van der Waals surface area (Å²) in [6.07, 6.45) is -0.467. The summed E-state index contributed by atoms with van der Waals surface area (Å²) in [5.74, 6) is 1.06. The van der Waals surface area contributed by atoms with Gasteiger partial charge in [-0.2, -0.15) is 0 Å². The molecule has 0 spiro atoms. The van der Waals surface area contributed by atoms with Crippen LogP contribution in [0.2, 0.25) is 0 Å². The molecule has 7 heteroatoms. The average molecular weight is 310 g/mol. The molecule has 0 fully saturated rings. The Morgan fingerprint density at radius 1 is 1.48 bits per heavy atom. The van der Waals surface area contributed by atoms with Crippen LogP contribution in [0.3, 0.4) is 0 Å². The van der Waals surface area contributed by atoms with E-state index in [1.807, 2.05) is 38.3 Å². The lowest BCUT2D eigenvalue weighted by Gasteiger charge is -2.19. The first-order valence-corrected chi connectivity index (χ1v) is 7.42. The lowest BCUT2D eigenvalue weighted by Crippen LogP contribution is -2.34. The first-order valence-electron chi connectivity index (χ1n) is 6.54. The van der Waals surface area contributed by atoms with Gasteiger partial charge in [0, 0.05) is 0 Å². The zero-order valence-electron chi connectivity index (χ0n) is 12.2. The topological polar surface area (TPSA) is 73.6 Å². The Morgan fingerprint density at radius 3 is 2.95 bits per heavy atom. The van der Waals surface area contributed by atoms with Gasteiger partial charge in [-0.3, -0.25) is 0 Å². The SMILES string of the molecule is CC(C)(C)OC(=O)NCCOc1cc(-c2cccs2)on1. The van der Waals surface area contributed by atoms with Gasteiger partial charge in [-0.05, 0) is 37.4 Å². The van der Waals surface area contributed by atoms with Crippen LogP contribution in [0, 0.1) is 0 Å². The predicted molar refractivity (Wildman–Crippen MR) is 79.5 cm³/mol. The highest BCUT2D eigenvalue weighted by Gasteiger charge is 2.15. The maximum absolute atomic E-state index is 11.4. The summed E-state index contributed by atoms with van der Waals surface area (Å²) in [5, 5.41) is 8.38. The van der Waals surface area contributed by atoms with E-state index in [4.69, 9.17) is 14.0 Å². The van der Waals surface area contributed by atoms with Gasteiger partial charge >= 0.3 is 6.09 Å². The predicted octanol–water partition coefficient (Wildman–Crippen LogP) is 3.31. The summed E-state index contributed by atoms with van der Waals surface area (Å²) in [6.45, 7) is 6.05. The van der Waals surface area contributed by atoms with Crippen LogP contribution in [0.1, 0.15) is 20.8 Å². The minimum Gasteiger partial charge on any atom is -0.474 e. The third-order valence-electron chi connectivity index (χ3n) is 2.27. The number of alkyl carbamates (subject to hydrolysis) is 1. The highest BCUT2D eigenvalue weighted by molar-refractivity contribution is 7.13. The number of nitrogens with zero attached hydrogens (tertiary/aromatic N) is 1. The van der Waals surface area contributed by atoms with Gasteiger partial charge in [0.2, 0.25) is 0 Å². The lowest BCUT2D eigenvalue weighted by molar-refractivity contribution is 0.0519. The number of thiophene rings is 1. The highest BCUT2D eigenvalue weighted by atomic mass is 32.1. The van der Waals surface area contributed by atoms with Gasteiger partial charge in [0.1, 0.15) is 12.2 Å². The lowest BCUT2D eigenvalue weighted by atomic mass is 10.2. The van der Waals surface area contributed by atoms with Gasteiger partial charge in [0.15, 0.2) is 5.76 Å². The fraction of sp³-hybridized carbons (Fsp3) is 0.429. The average Bonchev–Trinajstić information content (AvgIpc) is 3.03. The molecule has 2 aromatic heterocycles. The van der Waals surface area contributed by atoms with Crippen LogP contribution in [-0.2, 0) is 4.74 Å². The molecule has 2 rings (SSSR count). The molecule has 0 bridgehead atoms.